The summed E-state index contributed by atoms with van der Waals surface area (Å²) in [6, 6.07) is 0. The van der Waals surface area contributed by atoms with Crippen molar-refractivity contribution in [1.82, 2.24) is 10.6 Å². The SMILES string of the molecule is COCCCNC(=O)C1(C(=O)NCCOC)CC1. The number of carbonyl (C=O) groups excluding carboxylic acids is 2. The van der Waals surface area contributed by atoms with Gasteiger partial charge in [0.05, 0.1) is 6.61 Å². The fourth-order valence-corrected chi connectivity index (χ4v) is 1.71. The number of rotatable bonds is 9. The molecular formula is C12H22N2O4. The van der Waals surface area contributed by atoms with E-state index in [4.69, 9.17) is 9.47 Å². The molecule has 0 aromatic rings. The molecule has 6 heteroatoms. The van der Waals surface area contributed by atoms with Crippen LogP contribution < -0.4 is 10.6 Å². The van der Waals surface area contributed by atoms with E-state index >= 15 is 0 Å². The molecule has 0 radical (unpaired) electrons. The van der Waals surface area contributed by atoms with Crippen molar-refractivity contribution >= 4 is 11.8 Å². The van der Waals surface area contributed by atoms with Gasteiger partial charge in [0.25, 0.3) is 0 Å². The molecule has 2 amide bonds. The first-order valence-corrected chi connectivity index (χ1v) is 6.22. The van der Waals surface area contributed by atoms with E-state index in [-0.39, 0.29) is 11.8 Å². The van der Waals surface area contributed by atoms with Crippen LogP contribution in [0.25, 0.3) is 0 Å². The molecule has 18 heavy (non-hydrogen) atoms. The maximum absolute atomic E-state index is 11.9. The second kappa shape index (κ2) is 7.33. The summed E-state index contributed by atoms with van der Waals surface area (Å²) in [5.74, 6) is -0.364. The summed E-state index contributed by atoms with van der Waals surface area (Å²) in [6.45, 7) is 2.04. The van der Waals surface area contributed by atoms with Gasteiger partial charge in [-0.05, 0) is 19.3 Å². The lowest BCUT2D eigenvalue weighted by molar-refractivity contribution is -0.137. The molecule has 0 aliphatic heterocycles. The molecule has 0 atom stereocenters. The Morgan fingerprint density at radius 2 is 1.56 bits per heavy atom. The van der Waals surface area contributed by atoms with Crippen LogP contribution in [0.4, 0.5) is 0 Å². The topological polar surface area (TPSA) is 76.7 Å². The third-order valence-electron chi connectivity index (χ3n) is 3.02. The molecule has 0 unspecified atom stereocenters. The largest absolute Gasteiger partial charge is 0.385 e. The van der Waals surface area contributed by atoms with Gasteiger partial charge in [-0.2, -0.15) is 0 Å². The zero-order valence-electron chi connectivity index (χ0n) is 11.1. The molecule has 0 aromatic carbocycles. The predicted molar refractivity (Wildman–Crippen MR) is 66.1 cm³/mol. The molecule has 1 rings (SSSR count). The lowest BCUT2D eigenvalue weighted by atomic mass is 10.1. The number of carbonyl (C=O) groups is 2. The van der Waals surface area contributed by atoms with Gasteiger partial charge < -0.3 is 20.1 Å². The normalized spacial score (nSPS) is 16.1. The third kappa shape index (κ3) is 3.96. The molecule has 1 aliphatic rings. The summed E-state index contributed by atoms with van der Waals surface area (Å²) < 4.78 is 9.74. The maximum Gasteiger partial charge on any atom is 0.235 e. The Balaban J connectivity index is 2.29. The zero-order chi connectivity index (χ0) is 13.4. The molecule has 1 fully saturated rings. The van der Waals surface area contributed by atoms with Gasteiger partial charge in [0.15, 0.2) is 0 Å². The highest BCUT2D eigenvalue weighted by molar-refractivity contribution is 6.07. The van der Waals surface area contributed by atoms with Crippen molar-refractivity contribution in [2.45, 2.75) is 19.3 Å². The lowest BCUT2D eigenvalue weighted by Crippen LogP contribution is -2.44. The van der Waals surface area contributed by atoms with Crippen LogP contribution in [0.2, 0.25) is 0 Å². The van der Waals surface area contributed by atoms with E-state index < -0.39 is 5.41 Å². The summed E-state index contributed by atoms with van der Waals surface area (Å²) in [4.78, 5) is 23.8. The van der Waals surface area contributed by atoms with Gasteiger partial charge in [0.2, 0.25) is 11.8 Å². The molecule has 0 spiro atoms. The number of amides is 2. The van der Waals surface area contributed by atoms with Crippen LogP contribution in [0.5, 0.6) is 0 Å². The zero-order valence-corrected chi connectivity index (χ0v) is 11.1. The van der Waals surface area contributed by atoms with Gasteiger partial charge in [-0.25, -0.2) is 0 Å². The molecule has 0 aromatic heterocycles. The van der Waals surface area contributed by atoms with Crippen molar-refractivity contribution in [2.24, 2.45) is 5.41 Å². The Bertz CT molecular complexity index is 290. The molecule has 0 bridgehead atoms. The van der Waals surface area contributed by atoms with Crippen LogP contribution in [0.1, 0.15) is 19.3 Å². The number of hydrogen-bond acceptors (Lipinski definition) is 4. The summed E-state index contributed by atoms with van der Waals surface area (Å²) in [7, 11) is 3.19. The van der Waals surface area contributed by atoms with Crippen LogP contribution in [0.15, 0.2) is 0 Å². The first-order chi connectivity index (χ1) is 8.67. The summed E-state index contributed by atoms with van der Waals surface area (Å²) in [5, 5.41) is 5.50. The van der Waals surface area contributed by atoms with E-state index in [1.807, 2.05) is 0 Å². The highest BCUT2D eigenvalue weighted by Gasteiger charge is 2.56. The molecular weight excluding hydrogens is 236 g/mol. The fourth-order valence-electron chi connectivity index (χ4n) is 1.71. The predicted octanol–water partition coefficient (Wildman–Crippen LogP) is -0.318. The molecule has 6 nitrogen and oxygen atoms in total. The van der Waals surface area contributed by atoms with Crippen LogP contribution in [0.3, 0.4) is 0 Å². The van der Waals surface area contributed by atoms with E-state index in [9.17, 15) is 9.59 Å². The van der Waals surface area contributed by atoms with E-state index in [1.165, 1.54) is 0 Å². The lowest BCUT2D eigenvalue weighted by Gasteiger charge is -2.15. The average molecular weight is 258 g/mol. The van der Waals surface area contributed by atoms with Gasteiger partial charge in [0.1, 0.15) is 5.41 Å². The van der Waals surface area contributed by atoms with Gasteiger partial charge >= 0.3 is 0 Å². The standard InChI is InChI=1S/C12H22N2O4/c1-17-8-3-6-13-10(15)12(4-5-12)11(16)14-7-9-18-2/h3-9H2,1-2H3,(H,13,15)(H,14,16). The van der Waals surface area contributed by atoms with Gasteiger partial charge in [0, 0.05) is 33.9 Å². The smallest absolute Gasteiger partial charge is 0.235 e. The van der Waals surface area contributed by atoms with Crippen molar-refractivity contribution in [2.75, 3.05) is 40.5 Å². The number of ether oxygens (including phenoxy) is 2. The van der Waals surface area contributed by atoms with Gasteiger partial charge in [-0.1, -0.05) is 0 Å². The van der Waals surface area contributed by atoms with Crippen LogP contribution >= 0.6 is 0 Å². The van der Waals surface area contributed by atoms with Crippen LogP contribution in [-0.4, -0.2) is 52.3 Å². The maximum atomic E-state index is 11.9. The molecule has 0 saturated heterocycles. The molecule has 0 heterocycles. The fraction of sp³-hybridized carbons (Fsp3) is 0.833. The Hall–Kier alpha value is -1.14. The monoisotopic (exact) mass is 258 g/mol. The highest BCUT2D eigenvalue weighted by atomic mass is 16.5. The first-order valence-electron chi connectivity index (χ1n) is 6.22. The Morgan fingerprint density at radius 1 is 1.00 bits per heavy atom. The Kier molecular flexibility index (Phi) is 6.07. The van der Waals surface area contributed by atoms with Crippen molar-refractivity contribution < 1.29 is 19.1 Å². The second-order valence-corrected chi connectivity index (χ2v) is 4.43. The molecule has 1 aliphatic carbocycles. The minimum Gasteiger partial charge on any atom is -0.385 e. The van der Waals surface area contributed by atoms with Gasteiger partial charge in [-0.3, -0.25) is 9.59 Å². The van der Waals surface area contributed by atoms with Crippen molar-refractivity contribution in [1.29, 1.82) is 0 Å². The second-order valence-electron chi connectivity index (χ2n) is 4.43. The summed E-state index contributed by atoms with van der Waals surface area (Å²) in [5.41, 5.74) is -0.833. The van der Waals surface area contributed by atoms with E-state index in [2.05, 4.69) is 10.6 Å². The van der Waals surface area contributed by atoms with E-state index in [1.54, 1.807) is 14.2 Å². The number of methoxy groups -OCH3 is 2. The first kappa shape index (κ1) is 14.9. The molecule has 104 valence electrons. The number of hydrogen-bond donors (Lipinski definition) is 2. The van der Waals surface area contributed by atoms with E-state index in [0.717, 1.165) is 6.42 Å². The number of nitrogens with one attached hydrogen (secondary N) is 2. The van der Waals surface area contributed by atoms with Crippen molar-refractivity contribution in [3.05, 3.63) is 0 Å². The Labute approximate surface area is 107 Å². The third-order valence-corrected chi connectivity index (χ3v) is 3.02. The van der Waals surface area contributed by atoms with E-state index in [0.29, 0.717) is 39.1 Å². The molecule has 2 N–H and O–H groups in total. The minimum atomic E-state index is -0.833. The minimum absolute atomic E-state index is 0.173. The van der Waals surface area contributed by atoms with Crippen LogP contribution in [-0.2, 0) is 19.1 Å². The Morgan fingerprint density at radius 3 is 2.06 bits per heavy atom. The molecule has 1 saturated carbocycles. The van der Waals surface area contributed by atoms with Crippen molar-refractivity contribution in [3.63, 3.8) is 0 Å². The van der Waals surface area contributed by atoms with Gasteiger partial charge in [-0.15, -0.1) is 0 Å². The van der Waals surface area contributed by atoms with Crippen LogP contribution in [0, 0.1) is 5.41 Å². The summed E-state index contributed by atoms with van der Waals surface area (Å²) >= 11 is 0. The van der Waals surface area contributed by atoms with Crippen molar-refractivity contribution in [3.8, 4) is 0 Å². The average Bonchev–Trinajstić information content (AvgIpc) is 3.16. The highest BCUT2D eigenvalue weighted by Crippen LogP contribution is 2.46. The summed E-state index contributed by atoms with van der Waals surface area (Å²) in [6.07, 6.45) is 2.01. The quantitative estimate of drug-likeness (QED) is 0.439.